The number of hydrogen-bond acceptors (Lipinski definition) is 6. The molecule has 1 aromatic heterocycles. The first-order valence-corrected chi connectivity index (χ1v) is 9.52. The van der Waals surface area contributed by atoms with Crippen LogP contribution in [0.4, 0.5) is 11.5 Å². The van der Waals surface area contributed by atoms with Crippen molar-refractivity contribution in [3.63, 3.8) is 0 Å². The van der Waals surface area contributed by atoms with Crippen molar-refractivity contribution in [2.24, 2.45) is 5.92 Å². The van der Waals surface area contributed by atoms with Gasteiger partial charge in [-0.25, -0.2) is 0 Å². The molecule has 4 rings (SSSR count). The maximum atomic E-state index is 12.4. The number of nitrogens with one attached hydrogen (secondary N) is 2. The van der Waals surface area contributed by atoms with E-state index >= 15 is 0 Å². The molecule has 0 aliphatic carbocycles. The highest BCUT2D eigenvalue weighted by Crippen LogP contribution is 2.23. The number of rotatable bonds is 6. The highest BCUT2D eigenvalue weighted by molar-refractivity contribution is 5.97. The Hall–Kier alpha value is -3.00. The number of anilines is 2. The second-order valence-electron chi connectivity index (χ2n) is 7.10. The van der Waals surface area contributed by atoms with Crippen molar-refractivity contribution in [3.05, 3.63) is 48.2 Å². The van der Waals surface area contributed by atoms with Gasteiger partial charge >= 0.3 is 0 Å². The largest absolute Gasteiger partial charge is 0.376 e. The van der Waals surface area contributed by atoms with Gasteiger partial charge in [-0.15, -0.1) is 5.10 Å². The summed E-state index contributed by atoms with van der Waals surface area (Å²) in [6.07, 6.45) is 3.78. The molecule has 2 N–H and O–H groups in total. The van der Waals surface area contributed by atoms with E-state index in [0.29, 0.717) is 30.9 Å². The lowest BCUT2D eigenvalue weighted by Crippen LogP contribution is -2.52. The Bertz CT molecular complexity index is 815. The van der Waals surface area contributed by atoms with Crippen molar-refractivity contribution in [1.29, 1.82) is 0 Å². The Balaban J connectivity index is 1.24. The van der Waals surface area contributed by atoms with Gasteiger partial charge in [0, 0.05) is 43.7 Å². The summed E-state index contributed by atoms with van der Waals surface area (Å²) in [5, 5.41) is 13.7. The number of hydrogen-bond donors (Lipinski definition) is 2. The molecule has 1 aromatic carbocycles. The molecule has 2 fully saturated rings. The summed E-state index contributed by atoms with van der Waals surface area (Å²) in [5.41, 5.74) is 1.24. The maximum Gasteiger partial charge on any atom is 0.251 e. The molecule has 3 heterocycles. The predicted octanol–water partition coefficient (Wildman–Crippen LogP) is 1.46. The zero-order valence-corrected chi connectivity index (χ0v) is 15.5. The first-order valence-electron chi connectivity index (χ1n) is 9.52. The average Bonchev–Trinajstić information content (AvgIpc) is 3.20. The molecule has 8 nitrogen and oxygen atoms in total. The van der Waals surface area contributed by atoms with Crippen molar-refractivity contribution in [1.82, 2.24) is 15.5 Å². The third kappa shape index (κ3) is 4.28. The lowest BCUT2D eigenvalue weighted by molar-refractivity contribution is -0.120. The number of carbonyl (C=O) groups excluding carboxylic acids is 2. The van der Waals surface area contributed by atoms with E-state index in [2.05, 4.69) is 20.8 Å². The van der Waals surface area contributed by atoms with Gasteiger partial charge in [-0.2, -0.15) is 5.10 Å². The first kappa shape index (κ1) is 18.4. The Kier molecular flexibility index (Phi) is 5.48. The van der Waals surface area contributed by atoms with E-state index in [1.807, 2.05) is 17.0 Å². The number of amides is 2. The van der Waals surface area contributed by atoms with E-state index < -0.39 is 0 Å². The van der Waals surface area contributed by atoms with Crippen LogP contribution in [0.5, 0.6) is 0 Å². The zero-order chi connectivity index (χ0) is 19.3. The highest BCUT2D eigenvalue weighted by Gasteiger charge is 2.33. The fourth-order valence-corrected chi connectivity index (χ4v) is 3.36. The van der Waals surface area contributed by atoms with E-state index in [-0.39, 0.29) is 23.8 Å². The molecule has 8 heteroatoms. The number of ether oxygens (including phenoxy) is 1. The minimum absolute atomic E-state index is 0.0317. The van der Waals surface area contributed by atoms with E-state index in [1.165, 1.54) is 0 Å². The van der Waals surface area contributed by atoms with Crippen molar-refractivity contribution in [3.8, 4) is 0 Å². The lowest BCUT2D eigenvalue weighted by Gasteiger charge is -2.38. The molecule has 2 amide bonds. The number of nitrogens with zero attached hydrogens (tertiary/aromatic N) is 3. The quantitative estimate of drug-likeness (QED) is 0.786. The highest BCUT2D eigenvalue weighted by atomic mass is 16.5. The summed E-state index contributed by atoms with van der Waals surface area (Å²) in [5.74, 6) is 0.531. The molecule has 28 heavy (non-hydrogen) atoms. The average molecular weight is 381 g/mol. The molecular weight excluding hydrogens is 358 g/mol. The van der Waals surface area contributed by atoms with Crippen LogP contribution in [0, 0.1) is 5.92 Å². The van der Waals surface area contributed by atoms with E-state index in [9.17, 15) is 9.59 Å². The molecule has 2 aromatic rings. The van der Waals surface area contributed by atoms with Gasteiger partial charge in [0.05, 0.1) is 12.0 Å². The zero-order valence-electron chi connectivity index (χ0n) is 15.5. The fourth-order valence-electron chi connectivity index (χ4n) is 3.36. The summed E-state index contributed by atoms with van der Waals surface area (Å²) in [4.78, 5) is 26.6. The van der Waals surface area contributed by atoms with Crippen molar-refractivity contribution < 1.29 is 14.3 Å². The Labute approximate surface area is 163 Å². The molecule has 2 aliphatic rings. The molecule has 1 atom stereocenters. The Morgan fingerprint density at radius 2 is 2.00 bits per heavy atom. The van der Waals surface area contributed by atoms with Crippen molar-refractivity contribution in [2.45, 2.75) is 18.9 Å². The van der Waals surface area contributed by atoms with Crippen LogP contribution in [-0.2, 0) is 9.53 Å². The summed E-state index contributed by atoms with van der Waals surface area (Å²) in [6, 6.07) is 10.6. The summed E-state index contributed by atoms with van der Waals surface area (Å²) < 4.78 is 5.50. The maximum absolute atomic E-state index is 12.4. The van der Waals surface area contributed by atoms with E-state index in [1.54, 1.807) is 30.5 Å². The monoisotopic (exact) mass is 381 g/mol. The van der Waals surface area contributed by atoms with Crippen LogP contribution in [0.1, 0.15) is 23.2 Å². The summed E-state index contributed by atoms with van der Waals surface area (Å²) in [6.45, 7) is 2.54. The molecule has 0 bridgehead atoms. The topological polar surface area (TPSA) is 96.5 Å². The number of aromatic nitrogens is 2. The summed E-state index contributed by atoms with van der Waals surface area (Å²) in [7, 11) is 0. The SMILES string of the molecule is O=C(NC[C@@H]1CCCO1)c1ccc(NC(=O)C2CN(c3cccnn3)C2)cc1. The van der Waals surface area contributed by atoms with Crippen LogP contribution in [0.15, 0.2) is 42.6 Å². The van der Waals surface area contributed by atoms with Crippen LogP contribution >= 0.6 is 0 Å². The minimum Gasteiger partial charge on any atom is -0.376 e. The van der Waals surface area contributed by atoms with Gasteiger partial charge in [0.2, 0.25) is 5.91 Å². The van der Waals surface area contributed by atoms with Crippen molar-refractivity contribution >= 4 is 23.3 Å². The normalized spacial score (nSPS) is 19.1. The van der Waals surface area contributed by atoms with E-state index in [4.69, 9.17) is 4.74 Å². The lowest BCUT2D eigenvalue weighted by atomic mass is 9.99. The van der Waals surface area contributed by atoms with Crippen LogP contribution in [-0.4, -0.2) is 54.4 Å². The van der Waals surface area contributed by atoms with Crippen LogP contribution < -0.4 is 15.5 Å². The van der Waals surface area contributed by atoms with Gasteiger partial charge in [-0.05, 0) is 49.2 Å². The molecule has 146 valence electrons. The molecule has 2 saturated heterocycles. The van der Waals surface area contributed by atoms with Gasteiger partial charge in [0.25, 0.3) is 5.91 Å². The molecule has 0 saturated carbocycles. The molecule has 0 spiro atoms. The Morgan fingerprint density at radius 3 is 2.68 bits per heavy atom. The van der Waals surface area contributed by atoms with Gasteiger partial charge in [0.15, 0.2) is 5.82 Å². The second-order valence-corrected chi connectivity index (χ2v) is 7.10. The van der Waals surface area contributed by atoms with Gasteiger partial charge in [0.1, 0.15) is 0 Å². The number of carbonyl (C=O) groups is 2. The third-order valence-electron chi connectivity index (χ3n) is 5.06. The third-order valence-corrected chi connectivity index (χ3v) is 5.06. The van der Waals surface area contributed by atoms with Crippen molar-refractivity contribution in [2.75, 3.05) is 36.5 Å². The smallest absolute Gasteiger partial charge is 0.251 e. The summed E-state index contributed by atoms with van der Waals surface area (Å²) >= 11 is 0. The second kappa shape index (κ2) is 8.35. The standard InChI is InChI=1S/C20H23N5O3/c26-19(21-11-17-3-2-10-28-17)14-5-7-16(8-6-14)23-20(27)15-12-25(13-15)18-4-1-9-22-24-18/h1,4-9,15,17H,2-3,10-13H2,(H,21,26)(H,23,27)/t17-/m0/s1. The molecule has 0 radical (unpaired) electrons. The molecular formula is C20H23N5O3. The number of benzene rings is 1. The van der Waals surface area contributed by atoms with Gasteiger partial charge in [-0.1, -0.05) is 0 Å². The van der Waals surface area contributed by atoms with E-state index in [0.717, 1.165) is 25.3 Å². The minimum atomic E-state index is -0.132. The van der Waals surface area contributed by atoms with Gasteiger partial charge in [-0.3, -0.25) is 9.59 Å². The van der Waals surface area contributed by atoms with Gasteiger partial charge < -0.3 is 20.3 Å². The molecule has 2 aliphatic heterocycles. The van der Waals surface area contributed by atoms with Crippen LogP contribution in [0.2, 0.25) is 0 Å². The first-order chi connectivity index (χ1) is 13.7. The Morgan fingerprint density at radius 1 is 1.18 bits per heavy atom. The predicted molar refractivity (Wildman–Crippen MR) is 104 cm³/mol. The van der Waals surface area contributed by atoms with Crippen LogP contribution in [0.25, 0.3) is 0 Å². The fraction of sp³-hybridized carbons (Fsp3) is 0.400. The molecule has 0 unspecified atom stereocenters. The van der Waals surface area contributed by atoms with Crippen LogP contribution in [0.3, 0.4) is 0 Å².